The Kier molecular flexibility index (Phi) is 2.80. The molecule has 18 heavy (non-hydrogen) atoms. The van der Waals surface area contributed by atoms with E-state index in [0.29, 0.717) is 5.92 Å². The van der Waals surface area contributed by atoms with E-state index in [2.05, 4.69) is 13.8 Å². The second-order valence-electron chi connectivity index (χ2n) is 7.45. The summed E-state index contributed by atoms with van der Waals surface area (Å²) < 4.78 is 0. The summed E-state index contributed by atoms with van der Waals surface area (Å²) in [6.45, 7) is 4.47. The number of rotatable bonds is 3. The smallest absolute Gasteiger partial charge is 0.327 e. The van der Waals surface area contributed by atoms with Crippen LogP contribution < -0.4 is 0 Å². The van der Waals surface area contributed by atoms with Crippen LogP contribution in [0.25, 0.3) is 0 Å². The van der Waals surface area contributed by atoms with Crippen molar-refractivity contribution in [1.82, 2.24) is 0 Å². The zero-order chi connectivity index (χ0) is 12.9. The van der Waals surface area contributed by atoms with E-state index in [9.17, 15) is 4.79 Å². The monoisotopic (exact) mass is 248 g/mol. The average Bonchev–Trinajstić information content (AvgIpc) is 2.24. The van der Waals surface area contributed by atoms with E-state index in [1.54, 1.807) is 0 Å². The van der Waals surface area contributed by atoms with Crippen molar-refractivity contribution >= 4 is 5.97 Å². The van der Waals surface area contributed by atoms with Gasteiger partial charge in [-0.25, -0.2) is 4.79 Å². The summed E-state index contributed by atoms with van der Waals surface area (Å²) in [5.74, 6) is 3.59. The molecule has 4 aliphatic rings. The molecule has 0 aromatic rings. The second kappa shape index (κ2) is 4.11. The van der Waals surface area contributed by atoms with Crippen molar-refractivity contribution in [2.24, 2.45) is 35.0 Å². The molecular weight excluding hydrogens is 224 g/mol. The molecule has 4 saturated carbocycles. The Hall–Kier alpha value is -0.790. The first-order valence-corrected chi connectivity index (χ1v) is 7.38. The van der Waals surface area contributed by atoms with E-state index < -0.39 is 5.97 Å². The minimum atomic E-state index is -0.813. The molecule has 4 bridgehead atoms. The maximum absolute atomic E-state index is 10.7. The topological polar surface area (TPSA) is 37.3 Å². The van der Waals surface area contributed by atoms with Crippen molar-refractivity contribution in [3.63, 3.8) is 0 Å². The van der Waals surface area contributed by atoms with Crippen LogP contribution in [-0.4, -0.2) is 11.1 Å². The molecule has 100 valence electrons. The van der Waals surface area contributed by atoms with E-state index in [-0.39, 0.29) is 5.41 Å². The first-order valence-electron chi connectivity index (χ1n) is 7.38. The number of hydrogen-bond acceptors (Lipinski definition) is 1. The summed E-state index contributed by atoms with van der Waals surface area (Å²) in [7, 11) is 0. The molecule has 4 aliphatic carbocycles. The van der Waals surface area contributed by atoms with Crippen LogP contribution in [-0.2, 0) is 4.79 Å². The van der Waals surface area contributed by atoms with E-state index >= 15 is 0 Å². The lowest BCUT2D eigenvalue weighted by atomic mass is 9.47. The average molecular weight is 248 g/mol. The summed E-state index contributed by atoms with van der Waals surface area (Å²) in [5, 5.41) is 8.84. The van der Waals surface area contributed by atoms with Gasteiger partial charge in [0, 0.05) is 6.08 Å². The van der Waals surface area contributed by atoms with Crippen molar-refractivity contribution in [2.45, 2.75) is 46.0 Å². The highest BCUT2D eigenvalue weighted by Crippen LogP contribution is 2.60. The van der Waals surface area contributed by atoms with Gasteiger partial charge < -0.3 is 5.11 Å². The largest absolute Gasteiger partial charge is 0.478 e. The number of allylic oxidation sites excluding steroid dienone is 1. The van der Waals surface area contributed by atoms with Crippen LogP contribution in [0.3, 0.4) is 0 Å². The van der Waals surface area contributed by atoms with Crippen LogP contribution in [0.2, 0.25) is 0 Å². The van der Waals surface area contributed by atoms with Gasteiger partial charge in [0.15, 0.2) is 0 Å². The molecule has 2 heteroatoms. The Morgan fingerprint density at radius 1 is 1.06 bits per heavy atom. The summed E-state index contributed by atoms with van der Waals surface area (Å²) in [5.41, 5.74) is 0.0427. The van der Waals surface area contributed by atoms with E-state index in [4.69, 9.17) is 5.11 Å². The predicted molar refractivity (Wildman–Crippen MR) is 71.1 cm³/mol. The van der Waals surface area contributed by atoms with Gasteiger partial charge in [0.05, 0.1) is 0 Å². The summed E-state index contributed by atoms with van der Waals surface area (Å²) >= 11 is 0. The minimum absolute atomic E-state index is 0.0427. The van der Waals surface area contributed by atoms with Gasteiger partial charge in [-0.1, -0.05) is 19.9 Å². The number of aliphatic carboxylic acids is 1. The zero-order valence-corrected chi connectivity index (χ0v) is 11.4. The van der Waals surface area contributed by atoms with E-state index in [1.807, 2.05) is 6.08 Å². The standard InChI is InChI=1S/C16H24O2/c1-16(2,4-3-14(17)18)15-12-6-10-5-11(8-12)9-13(15)7-10/h3-4,10-13,15H,5-9H2,1-2H3,(H,17,18)/b4-3+. The molecule has 0 amide bonds. The fourth-order valence-electron chi connectivity index (χ4n) is 5.54. The fraction of sp³-hybridized carbons (Fsp3) is 0.812. The lowest BCUT2D eigenvalue weighted by Crippen LogP contribution is -2.49. The number of carboxylic acids is 1. The van der Waals surface area contributed by atoms with E-state index in [0.717, 1.165) is 23.7 Å². The molecule has 2 nitrogen and oxygen atoms in total. The maximum atomic E-state index is 10.7. The summed E-state index contributed by atoms with van der Waals surface area (Å²) in [6.07, 6.45) is 10.4. The van der Waals surface area contributed by atoms with Gasteiger partial charge in [0.25, 0.3) is 0 Å². The molecule has 1 N–H and O–H groups in total. The van der Waals surface area contributed by atoms with Crippen LogP contribution in [0, 0.1) is 35.0 Å². The number of hydrogen-bond donors (Lipinski definition) is 1. The van der Waals surface area contributed by atoms with Gasteiger partial charge in [0.1, 0.15) is 0 Å². The molecular formula is C16H24O2. The Morgan fingerprint density at radius 3 is 2.00 bits per heavy atom. The quantitative estimate of drug-likeness (QED) is 0.773. The first-order chi connectivity index (χ1) is 8.45. The second-order valence-corrected chi connectivity index (χ2v) is 7.45. The molecule has 0 radical (unpaired) electrons. The van der Waals surface area contributed by atoms with Crippen LogP contribution in [0.4, 0.5) is 0 Å². The normalized spacial score (nSPS) is 42.7. The van der Waals surface area contributed by atoms with Gasteiger partial charge in [-0.2, -0.15) is 0 Å². The molecule has 0 saturated heterocycles. The Labute approximate surface area is 109 Å². The molecule has 0 spiro atoms. The lowest BCUT2D eigenvalue weighted by Gasteiger charge is -2.58. The van der Waals surface area contributed by atoms with Gasteiger partial charge in [0.2, 0.25) is 0 Å². The first kappa shape index (κ1) is 12.3. The van der Waals surface area contributed by atoms with Crippen molar-refractivity contribution in [3.05, 3.63) is 12.2 Å². The lowest BCUT2D eigenvalue weighted by molar-refractivity contribution is -0.131. The zero-order valence-electron chi connectivity index (χ0n) is 11.4. The van der Waals surface area contributed by atoms with E-state index in [1.165, 1.54) is 38.2 Å². The third kappa shape index (κ3) is 2.00. The van der Waals surface area contributed by atoms with Crippen molar-refractivity contribution in [3.8, 4) is 0 Å². The summed E-state index contributed by atoms with van der Waals surface area (Å²) in [4.78, 5) is 10.7. The maximum Gasteiger partial charge on any atom is 0.327 e. The highest BCUT2D eigenvalue weighted by atomic mass is 16.4. The van der Waals surface area contributed by atoms with Crippen LogP contribution in [0.5, 0.6) is 0 Å². The highest BCUT2D eigenvalue weighted by molar-refractivity contribution is 5.79. The molecule has 0 aromatic carbocycles. The third-order valence-electron chi connectivity index (χ3n) is 5.74. The van der Waals surface area contributed by atoms with Gasteiger partial charge in [-0.05, 0) is 67.1 Å². The molecule has 4 rings (SSSR count). The molecule has 0 aliphatic heterocycles. The summed E-state index contributed by atoms with van der Waals surface area (Å²) in [6, 6.07) is 0. The third-order valence-corrected chi connectivity index (χ3v) is 5.74. The van der Waals surface area contributed by atoms with Gasteiger partial charge >= 0.3 is 5.97 Å². The Bertz CT molecular complexity index is 353. The molecule has 0 aromatic heterocycles. The van der Waals surface area contributed by atoms with Crippen molar-refractivity contribution in [2.75, 3.05) is 0 Å². The minimum Gasteiger partial charge on any atom is -0.478 e. The molecule has 0 unspecified atom stereocenters. The Morgan fingerprint density at radius 2 is 1.56 bits per heavy atom. The van der Waals surface area contributed by atoms with Crippen LogP contribution in [0.15, 0.2) is 12.2 Å². The van der Waals surface area contributed by atoms with Crippen LogP contribution in [0.1, 0.15) is 46.0 Å². The number of carbonyl (C=O) groups is 1. The fourth-order valence-corrected chi connectivity index (χ4v) is 5.54. The van der Waals surface area contributed by atoms with Crippen molar-refractivity contribution in [1.29, 1.82) is 0 Å². The Balaban J connectivity index is 1.81. The molecule has 0 heterocycles. The molecule has 0 atom stereocenters. The molecule has 4 fully saturated rings. The van der Waals surface area contributed by atoms with Gasteiger partial charge in [-0.15, -0.1) is 0 Å². The SMILES string of the molecule is CC(C)(/C=C/C(=O)O)C1C2CC3CC(C2)CC1C3. The van der Waals surface area contributed by atoms with Gasteiger partial charge in [-0.3, -0.25) is 0 Å². The van der Waals surface area contributed by atoms with Crippen molar-refractivity contribution < 1.29 is 9.90 Å². The highest BCUT2D eigenvalue weighted by Gasteiger charge is 2.52. The predicted octanol–water partition coefficient (Wildman–Crippen LogP) is 3.73. The number of carboxylic acid groups (broad SMARTS) is 1. The van der Waals surface area contributed by atoms with Crippen LogP contribution >= 0.6 is 0 Å².